The average Bonchev–Trinajstić information content (AvgIpc) is 3.16. The number of carbonyl (C=O) groups excluding carboxylic acids is 3. The summed E-state index contributed by atoms with van der Waals surface area (Å²) < 4.78 is 18.2. The maximum absolute atomic E-state index is 13.8. The predicted octanol–water partition coefficient (Wildman–Crippen LogP) is 3.97. The third-order valence-corrected chi connectivity index (χ3v) is 9.43. The summed E-state index contributed by atoms with van der Waals surface area (Å²) in [7, 11) is -3.15. The molecule has 0 unspecified atom stereocenters. The molecule has 52 heavy (non-hydrogen) atoms. The quantitative estimate of drug-likeness (QED) is 0.110. The number of carbonyl (C=O) groups is 3. The van der Waals surface area contributed by atoms with Crippen molar-refractivity contribution in [3.05, 3.63) is 148 Å². The third kappa shape index (κ3) is 6.58. The van der Waals surface area contributed by atoms with E-state index in [1.54, 1.807) is 84.9 Å². The molecule has 0 aromatic heterocycles. The van der Waals surface area contributed by atoms with Gasteiger partial charge in [0.1, 0.15) is 18.1 Å². The molecule has 0 radical (unpaired) electrons. The zero-order valence-corrected chi connectivity index (χ0v) is 28.0. The van der Waals surface area contributed by atoms with E-state index in [1.807, 2.05) is 19.1 Å². The molecule has 5 aromatic rings. The molecule has 2 aliphatic rings. The Bertz CT molecular complexity index is 2160. The molecule has 0 bridgehead atoms. The van der Waals surface area contributed by atoms with Crippen molar-refractivity contribution in [1.29, 1.82) is 0 Å². The number of hydrogen-bond acceptors (Lipinski definition) is 10. The maximum Gasteiger partial charge on any atom is 0.491 e. The number of phenols is 2. The summed E-state index contributed by atoms with van der Waals surface area (Å²) in [6.45, 7) is 1.39. The summed E-state index contributed by atoms with van der Waals surface area (Å²) in [5, 5.41) is 49.1. The number of benzene rings is 5. The summed E-state index contributed by atoms with van der Waals surface area (Å²) in [5.74, 6) is -2.56. The Morgan fingerprint density at radius 1 is 0.769 bits per heavy atom. The van der Waals surface area contributed by atoms with Crippen LogP contribution < -0.4 is 16.2 Å². The molecule has 0 heterocycles. The standard InChI is InChI=1S/C39H33B2NO10/c1-23-16-18-26(19-17-23)42-38(47)50-22-39(52-41(49)25-12-6-3-7-13-25)20-29-31(30(21-39)51-40(48)24-10-4-2-5-11-24)37(46)33-32(36(29)45)34(43)27-14-8-9-15-28(27)35(33)44/h2-19,30,45-46,48-49H,20-22H2,1H3,(H,42,47)/t30-,39-/m0/s1. The molecule has 5 aromatic carbocycles. The van der Waals surface area contributed by atoms with Gasteiger partial charge in [0, 0.05) is 40.8 Å². The van der Waals surface area contributed by atoms with Crippen LogP contribution in [0, 0.1) is 6.92 Å². The number of phenolic OH excluding ortho intramolecular Hbond substituents is 2. The zero-order valence-electron chi connectivity index (χ0n) is 28.0. The molecule has 0 spiro atoms. The molecule has 13 heteroatoms. The number of rotatable bonds is 9. The van der Waals surface area contributed by atoms with Gasteiger partial charge in [-0.05, 0) is 30.0 Å². The lowest BCUT2D eigenvalue weighted by Gasteiger charge is -2.43. The molecule has 2 aliphatic carbocycles. The van der Waals surface area contributed by atoms with Gasteiger partial charge >= 0.3 is 20.3 Å². The Morgan fingerprint density at radius 3 is 1.90 bits per heavy atom. The highest BCUT2D eigenvalue weighted by Gasteiger charge is 2.50. The van der Waals surface area contributed by atoms with Crippen LogP contribution in [-0.4, -0.2) is 64.4 Å². The van der Waals surface area contributed by atoms with Crippen molar-refractivity contribution in [3.8, 4) is 11.5 Å². The first kappa shape index (κ1) is 34.7. The van der Waals surface area contributed by atoms with E-state index in [4.69, 9.17) is 14.0 Å². The SMILES string of the molecule is Cc1ccc(NC(=O)OC[C@]2(OB(O)c3ccccc3)Cc3c(O)c4c(c(O)c3[C@@H](OB(O)c3ccccc3)C2)C(=O)c2ccccc2C4=O)cc1. The van der Waals surface area contributed by atoms with E-state index in [9.17, 15) is 34.6 Å². The minimum atomic E-state index is -1.69. The van der Waals surface area contributed by atoms with Crippen LogP contribution in [0.25, 0.3) is 0 Å². The van der Waals surface area contributed by atoms with Gasteiger partial charge in [0.25, 0.3) is 0 Å². The van der Waals surface area contributed by atoms with Gasteiger partial charge in [0.05, 0.1) is 22.8 Å². The second-order valence-corrected chi connectivity index (χ2v) is 12.9. The Balaban J connectivity index is 1.34. The first-order chi connectivity index (χ1) is 25.0. The average molecular weight is 697 g/mol. The highest BCUT2D eigenvalue weighted by Crippen LogP contribution is 2.52. The van der Waals surface area contributed by atoms with Gasteiger partial charge in [-0.25, -0.2) is 4.79 Å². The van der Waals surface area contributed by atoms with Gasteiger partial charge in [-0.3, -0.25) is 14.9 Å². The van der Waals surface area contributed by atoms with Gasteiger partial charge in [-0.2, -0.15) is 0 Å². The second-order valence-electron chi connectivity index (χ2n) is 12.9. The van der Waals surface area contributed by atoms with Crippen molar-refractivity contribution in [2.75, 3.05) is 11.9 Å². The monoisotopic (exact) mass is 697 g/mol. The number of ether oxygens (including phenoxy) is 1. The number of aromatic hydroxyl groups is 2. The van der Waals surface area contributed by atoms with Crippen LogP contribution in [-0.2, 0) is 20.5 Å². The fraction of sp³-hybridized carbons (Fsp3) is 0.154. The molecule has 260 valence electrons. The molecule has 11 nitrogen and oxygen atoms in total. The largest absolute Gasteiger partial charge is 0.507 e. The lowest BCUT2D eigenvalue weighted by atomic mass is 9.70. The number of ketones is 2. The highest BCUT2D eigenvalue weighted by atomic mass is 16.6. The van der Waals surface area contributed by atoms with Crippen LogP contribution >= 0.6 is 0 Å². The molecule has 0 saturated carbocycles. The van der Waals surface area contributed by atoms with Crippen molar-refractivity contribution < 1.29 is 48.7 Å². The molecule has 5 N–H and O–H groups in total. The number of amides is 1. The Kier molecular flexibility index (Phi) is 9.43. The number of hydrogen-bond donors (Lipinski definition) is 5. The Hall–Kier alpha value is -5.72. The summed E-state index contributed by atoms with van der Waals surface area (Å²) in [4.78, 5) is 40.8. The number of fused-ring (bicyclic) bond motifs is 3. The summed E-state index contributed by atoms with van der Waals surface area (Å²) in [6.07, 6.45) is -2.75. The first-order valence-electron chi connectivity index (χ1n) is 16.6. The van der Waals surface area contributed by atoms with Crippen LogP contribution in [0.5, 0.6) is 11.5 Å². The van der Waals surface area contributed by atoms with E-state index >= 15 is 0 Å². The number of anilines is 1. The smallest absolute Gasteiger partial charge is 0.491 e. The molecule has 2 atom stereocenters. The fourth-order valence-corrected chi connectivity index (χ4v) is 6.86. The van der Waals surface area contributed by atoms with Crippen molar-refractivity contribution in [2.45, 2.75) is 31.5 Å². The van der Waals surface area contributed by atoms with Crippen LogP contribution in [0.15, 0.2) is 109 Å². The molecule has 0 aliphatic heterocycles. The van der Waals surface area contributed by atoms with Crippen molar-refractivity contribution in [3.63, 3.8) is 0 Å². The molecule has 1 amide bonds. The minimum Gasteiger partial charge on any atom is -0.507 e. The minimum absolute atomic E-state index is 0.0453. The summed E-state index contributed by atoms with van der Waals surface area (Å²) in [6, 6.07) is 30.0. The van der Waals surface area contributed by atoms with Crippen LogP contribution in [0.3, 0.4) is 0 Å². The normalized spacial score (nSPS) is 17.4. The van der Waals surface area contributed by atoms with Crippen molar-refractivity contribution in [1.82, 2.24) is 0 Å². The van der Waals surface area contributed by atoms with E-state index in [1.165, 1.54) is 12.1 Å². The van der Waals surface area contributed by atoms with E-state index in [2.05, 4.69) is 5.32 Å². The molecule has 0 saturated heterocycles. The maximum atomic E-state index is 13.8. The van der Waals surface area contributed by atoms with Gasteiger partial charge in [-0.1, -0.05) is 103 Å². The van der Waals surface area contributed by atoms with Gasteiger partial charge in [-0.15, -0.1) is 0 Å². The first-order valence-corrected chi connectivity index (χ1v) is 16.6. The predicted molar refractivity (Wildman–Crippen MR) is 193 cm³/mol. The fourth-order valence-electron chi connectivity index (χ4n) is 6.86. The van der Waals surface area contributed by atoms with E-state index < -0.39 is 72.8 Å². The van der Waals surface area contributed by atoms with Crippen LogP contribution in [0.2, 0.25) is 0 Å². The van der Waals surface area contributed by atoms with E-state index in [0.29, 0.717) is 16.6 Å². The zero-order chi connectivity index (χ0) is 36.6. The molecular weight excluding hydrogens is 664 g/mol. The van der Waals surface area contributed by atoms with Crippen LogP contribution in [0.4, 0.5) is 10.5 Å². The summed E-state index contributed by atoms with van der Waals surface area (Å²) >= 11 is 0. The highest BCUT2D eigenvalue weighted by molar-refractivity contribution is 6.60. The topological polar surface area (TPSA) is 172 Å². The van der Waals surface area contributed by atoms with Gasteiger partial charge < -0.3 is 34.3 Å². The lowest BCUT2D eigenvalue weighted by Crippen LogP contribution is -2.53. The Labute approximate surface area is 299 Å². The van der Waals surface area contributed by atoms with Crippen molar-refractivity contribution in [2.24, 2.45) is 0 Å². The molecular formula is C39H33B2NO10. The van der Waals surface area contributed by atoms with Crippen LogP contribution in [0.1, 0.15) is 61.1 Å². The molecule has 0 fully saturated rings. The second kappa shape index (κ2) is 14.1. The van der Waals surface area contributed by atoms with Crippen molar-refractivity contribution >= 4 is 48.5 Å². The molecule has 7 rings (SSSR count). The number of nitrogens with one attached hydrogen (secondary N) is 1. The lowest BCUT2D eigenvalue weighted by molar-refractivity contribution is -0.0495. The van der Waals surface area contributed by atoms with Gasteiger partial charge in [0.15, 0.2) is 11.6 Å². The Morgan fingerprint density at radius 2 is 1.31 bits per heavy atom. The van der Waals surface area contributed by atoms with E-state index in [0.717, 1.165) is 5.56 Å². The third-order valence-electron chi connectivity index (χ3n) is 9.43. The summed E-state index contributed by atoms with van der Waals surface area (Å²) in [5.41, 5.74) is -0.289. The van der Waals surface area contributed by atoms with E-state index in [-0.39, 0.29) is 35.1 Å². The number of aryl methyl sites for hydroxylation is 1. The van der Waals surface area contributed by atoms with Gasteiger partial charge in [0.2, 0.25) is 0 Å².